The van der Waals surface area contributed by atoms with Gasteiger partial charge in [0.25, 0.3) is 0 Å². The van der Waals surface area contributed by atoms with Gasteiger partial charge < -0.3 is 5.73 Å². The van der Waals surface area contributed by atoms with E-state index in [9.17, 15) is 0 Å². The Kier molecular flexibility index (Phi) is 3.86. The van der Waals surface area contributed by atoms with E-state index in [0.29, 0.717) is 5.92 Å². The third-order valence-electron chi connectivity index (χ3n) is 4.95. The van der Waals surface area contributed by atoms with Crippen LogP contribution < -0.4 is 5.73 Å². The quantitative estimate of drug-likeness (QED) is 0.862. The zero-order valence-corrected chi connectivity index (χ0v) is 13.0. The normalized spacial score (nSPS) is 17.7. The van der Waals surface area contributed by atoms with Crippen LogP contribution in [-0.2, 0) is 11.8 Å². The Balaban J connectivity index is 1.73. The summed E-state index contributed by atoms with van der Waals surface area (Å²) in [5.74, 6) is 0.590. The molecule has 0 aliphatic heterocycles. The van der Waals surface area contributed by atoms with Crippen LogP contribution in [0.2, 0.25) is 0 Å². The summed E-state index contributed by atoms with van der Waals surface area (Å²) in [6.07, 6.45) is 3.41. The van der Waals surface area contributed by atoms with Crippen molar-refractivity contribution >= 4 is 0 Å². The van der Waals surface area contributed by atoms with Crippen molar-refractivity contribution < 1.29 is 0 Å². The van der Waals surface area contributed by atoms with Crippen molar-refractivity contribution in [3.05, 3.63) is 71.3 Å². The number of hydrogen-bond acceptors (Lipinski definition) is 1. The highest BCUT2D eigenvalue weighted by atomic mass is 14.7. The maximum atomic E-state index is 6.58. The van der Waals surface area contributed by atoms with Crippen LogP contribution in [0.4, 0.5) is 0 Å². The Morgan fingerprint density at radius 1 is 0.952 bits per heavy atom. The second kappa shape index (κ2) is 5.65. The molecule has 1 atom stereocenters. The van der Waals surface area contributed by atoms with Crippen LogP contribution in [0.5, 0.6) is 0 Å². The number of rotatable bonds is 5. The molecule has 3 rings (SSSR count). The van der Waals surface area contributed by atoms with Crippen LogP contribution in [0, 0.1) is 0 Å². The number of nitrogens with two attached hydrogens (primary N) is 1. The molecule has 1 fully saturated rings. The van der Waals surface area contributed by atoms with Crippen molar-refractivity contribution in [3.8, 4) is 0 Å². The fourth-order valence-electron chi connectivity index (χ4n) is 3.27. The lowest BCUT2D eigenvalue weighted by atomic mass is 9.85. The molecule has 1 aliphatic rings. The molecule has 0 radical (unpaired) electrons. The molecule has 21 heavy (non-hydrogen) atoms. The summed E-state index contributed by atoms with van der Waals surface area (Å²) >= 11 is 0. The van der Waals surface area contributed by atoms with Crippen molar-refractivity contribution in [2.24, 2.45) is 5.73 Å². The predicted octanol–water partition coefficient (Wildman–Crippen LogP) is 4.41. The van der Waals surface area contributed by atoms with Gasteiger partial charge in [0.15, 0.2) is 0 Å². The number of hydrogen-bond donors (Lipinski definition) is 1. The van der Waals surface area contributed by atoms with E-state index in [2.05, 4.69) is 68.4 Å². The van der Waals surface area contributed by atoms with Crippen LogP contribution in [0.25, 0.3) is 0 Å². The lowest BCUT2D eigenvalue weighted by molar-refractivity contribution is 0.514. The third kappa shape index (κ3) is 2.89. The van der Waals surface area contributed by atoms with Gasteiger partial charge in [-0.1, -0.05) is 68.4 Å². The lowest BCUT2D eigenvalue weighted by Crippen LogP contribution is -2.36. The van der Waals surface area contributed by atoms with E-state index in [0.717, 1.165) is 6.42 Å². The van der Waals surface area contributed by atoms with E-state index in [-0.39, 0.29) is 11.5 Å². The Morgan fingerprint density at radius 3 is 2.10 bits per heavy atom. The Labute approximate surface area is 128 Å². The van der Waals surface area contributed by atoms with Crippen molar-refractivity contribution in [2.45, 2.75) is 50.5 Å². The molecule has 0 spiro atoms. The Hall–Kier alpha value is -1.60. The van der Waals surface area contributed by atoms with Gasteiger partial charge in [0.1, 0.15) is 0 Å². The van der Waals surface area contributed by atoms with Crippen molar-refractivity contribution in [2.75, 3.05) is 0 Å². The number of benzene rings is 2. The van der Waals surface area contributed by atoms with Gasteiger partial charge >= 0.3 is 0 Å². The highest BCUT2D eigenvalue weighted by Gasteiger charge is 2.48. The zero-order chi connectivity index (χ0) is 14.9. The second-order valence-electron chi connectivity index (χ2n) is 6.73. The first-order valence-electron chi connectivity index (χ1n) is 8.02. The average Bonchev–Trinajstić information content (AvgIpc) is 3.30. The van der Waals surface area contributed by atoms with Crippen LogP contribution in [-0.4, -0.2) is 6.04 Å². The highest BCUT2D eigenvalue weighted by molar-refractivity contribution is 5.35. The Morgan fingerprint density at radius 2 is 1.57 bits per heavy atom. The minimum absolute atomic E-state index is 0.213. The summed E-state index contributed by atoms with van der Waals surface area (Å²) in [5.41, 5.74) is 11.0. The molecule has 1 aliphatic carbocycles. The summed E-state index contributed by atoms with van der Waals surface area (Å²) in [6, 6.07) is 20.0. The molecule has 0 aromatic heterocycles. The highest BCUT2D eigenvalue weighted by Crippen LogP contribution is 2.50. The van der Waals surface area contributed by atoms with Gasteiger partial charge in [-0.05, 0) is 41.9 Å². The molecular weight excluding hydrogens is 254 g/mol. The monoisotopic (exact) mass is 279 g/mol. The Bertz CT molecular complexity index is 579. The summed E-state index contributed by atoms with van der Waals surface area (Å²) in [6.45, 7) is 4.46. The molecule has 0 heterocycles. The van der Waals surface area contributed by atoms with E-state index in [4.69, 9.17) is 5.73 Å². The fraction of sp³-hybridized carbons (Fsp3) is 0.400. The molecule has 2 aromatic carbocycles. The minimum Gasteiger partial charge on any atom is -0.327 e. The minimum atomic E-state index is 0.213. The standard InChI is InChI=1S/C20H25N/c1-15(2)17-10-8-16(9-11-17)14-19(21)20(12-13-20)18-6-4-3-5-7-18/h3-11,15,19H,12-14,21H2,1-2H3. The lowest BCUT2D eigenvalue weighted by Gasteiger charge is -2.24. The maximum Gasteiger partial charge on any atom is 0.0177 e. The van der Waals surface area contributed by atoms with Gasteiger partial charge in [-0.25, -0.2) is 0 Å². The molecule has 2 aromatic rings. The van der Waals surface area contributed by atoms with Gasteiger partial charge in [0.05, 0.1) is 0 Å². The van der Waals surface area contributed by atoms with Crippen molar-refractivity contribution in [1.82, 2.24) is 0 Å². The van der Waals surface area contributed by atoms with Crippen LogP contribution in [0.15, 0.2) is 54.6 Å². The van der Waals surface area contributed by atoms with E-state index >= 15 is 0 Å². The summed E-state index contributed by atoms with van der Waals surface area (Å²) in [5, 5.41) is 0. The van der Waals surface area contributed by atoms with Crippen LogP contribution in [0.1, 0.15) is 49.3 Å². The van der Waals surface area contributed by atoms with Crippen LogP contribution in [0.3, 0.4) is 0 Å². The van der Waals surface area contributed by atoms with Crippen molar-refractivity contribution in [3.63, 3.8) is 0 Å². The molecule has 1 saturated carbocycles. The van der Waals surface area contributed by atoms with Gasteiger partial charge in [-0.2, -0.15) is 0 Å². The fourth-order valence-corrected chi connectivity index (χ4v) is 3.27. The molecule has 2 N–H and O–H groups in total. The summed E-state index contributed by atoms with van der Waals surface area (Å²) in [4.78, 5) is 0. The second-order valence-corrected chi connectivity index (χ2v) is 6.73. The molecule has 1 nitrogen and oxygen atoms in total. The molecule has 110 valence electrons. The first kappa shape index (κ1) is 14.3. The summed E-state index contributed by atoms with van der Waals surface area (Å²) < 4.78 is 0. The zero-order valence-electron chi connectivity index (χ0n) is 13.0. The van der Waals surface area contributed by atoms with Gasteiger partial charge in [0, 0.05) is 11.5 Å². The molecular formula is C20H25N. The average molecular weight is 279 g/mol. The van der Waals surface area contributed by atoms with Crippen molar-refractivity contribution in [1.29, 1.82) is 0 Å². The van der Waals surface area contributed by atoms with E-state index in [1.807, 2.05) is 0 Å². The topological polar surface area (TPSA) is 26.0 Å². The van der Waals surface area contributed by atoms with Gasteiger partial charge in [-0.3, -0.25) is 0 Å². The van der Waals surface area contributed by atoms with Gasteiger partial charge in [0.2, 0.25) is 0 Å². The molecule has 0 saturated heterocycles. The SMILES string of the molecule is CC(C)c1ccc(CC(N)C2(c3ccccc3)CC2)cc1. The smallest absolute Gasteiger partial charge is 0.0177 e. The largest absolute Gasteiger partial charge is 0.327 e. The predicted molar refractivity (Wildman–Crippen MR) is 89.6 cm³/mol. The molecule has 1 heteroatoms. The van der Waals surface area contributed by atoms with E-state index < -0.39 is 0 Å². The van der Waals surface area contributed by atoms with E-state index in [1.54, 1.807) is 0 Å². The van der Waals surface area contributed by atoms with E-state index in [1.165, 1.54) is 29.5 Å². The van der Waals surface area contributed by atoms with Crippen LogP contribution >= 0.6 is 0 Å². The summed E-state index contributed by atoms with van der Waals surface area (Å²) in [7, 11) is 0. The first-order valence-corrected chi connectivity index (χ1v) is 8.02. The first-order chi connectivity index (χ1) is 10.1. The third-order valence-corrected chi connectivity index (χ3v) is 4.95. The van der Waals surface area contributed by atoms with Gasteiger partial charge in [-0.15, -0.1) is 0 Å². The molecule has 0 amide bonds. The maximum absolute atomic E-state index is 6.58. The molecule has 0 bridgehead atoms. The molecule has 1 unspecified atom stereocenters.